The number of halogens is 1. The highest BCUT2D eigenvalue weighted by molar-refractivity contribution is 5.60. The average molecular weight is 314 g/mol. The third-order valence-electron chi connectivity index (χ3n) is 4.18. The topological polar surface area (TPSA) is 66.0 Å². The van der Waals surface area contributed by atoms with Crippen molar-refractivity contribution in [1.82, 2.24) is 10.1 Å². The summed E-state index contributed by atoms with van der Waals surface area (Å²) in [5.41, 5.74) is 0.744. The summed E-state index contributed by atoms with van der Waals surface area (Å²) in [4.78, 5) is 6.52. The van der Waals surface area contributed by atoms with Gasteiger partial charge in [0.2, 0.25) is 5.89 Å². The molecule has 2 aromatic rings. The number of rotatable bonds is 3. The Labute approximate surface area is 134 Å². The fraction of sp³-hybridized carbons (Fsp3) is 0.471. The fourth-order valence-electron chi connectivity index (χ4n) is 2.94. The van der Waals surface area contributed by atoms with Gasteiger partial charge in [-0.15, -0.1) is 0 Å². The van der Waals surface area contributed by atoms with Gasteiger partial charge < -0.3 is 9.42 Å². The van der Waals surface area contributed by atoms with E-state index in [-0.39, 0.29) is 17.4 Å². The third kappa shape index (κ3) is 3.04. The molecule has 5 nitrogen and oxygen atoms in total. The Bertz CT molecular complexity index is 734. The summed E-state index contributed by atoms with van der Waals surface area (Å²) < 4.78 is 19.1. The molecule has 1 aliphatic heterocycles. The van der Waals surface area contributed by atoms with Crippen LogP contribution < -0.4 is 4.90 Å². The molecule has 1 saturated heterocycles. The fourth-order valence-corrected chi connectivity index (χ4v) is 2.94. The van der Waals surface area contributed by atoms with Gasteiger partial charge in [-0.3, -0.25) is 0 Å². The number of aromatic nitrogens is 2. The molecule has 23 heavy (non-hydrogen) atoms. The summed E-state index contributed by atoms with van der Waals surface area (Å²) in [6.45, 7) is 5.48. The molecule has 0 spiro atoms. The van der Waals surface area contributed by atoms with Crippen LogP contribution in [-0.4, -0.2) is 23.2 Å². The lowest BCUT2D eigenvalue weighted by Crippen LogP contribution is -2.35. The molecule has 0 radical (unpaired) electrons. The molecule has 120 valence electrons. The number of anilines is 1. The van der Waals surface area contributed by atoms with E-state index in [1.165, 1.54) is 6.07 Å². The number of piperidine rings is 1. The maximum Gasteiger partial charge on any atom is 0.229 e. The summed E-state index contributed by atoms with van der Waals surface area (Å²) in [6.07, 6.45) is 1.91. The first-order valence-corrected chi connectivity index (χ1v) is 7.87. The molecule has 0 saturated carbocycles. The minimum absolute atomic E-state index is 0.101. The van der Waals surface area contributed by atoms with Crippen LogP contribution in [0.2, 0.25) is 0 Å². The van der Waals surface area contributed by atoms with Crippen LogP contribution in [0.4, 0.5) is 10.1 Å². The molecule has 1 aliphatic rings. The van der Waals surface area contributed by atoms with E-state index in [4.69, 9.17) is 4.52 Å². The van der Waals surface area contributed by atoms with E-state index >= 15 is 0 Å². The van der Waals surface area contributed by atoms with Gasteiger partial charge in [-0.05, 0) is 25.0 Å². The Hall–Kier alpha value is -2.42. The zero-order valence-electron chi connectivity index (χ0n) is 13.3. The van der Waals surface area contributed by atoms with Crippen molar-refractivity contribution in [1.29, 1.82) is 5.26 Å². The Morgan fingerprint density at radius 3 is 2.96 bits per heavy atom. The van der Waals surface area contributed by atoms with Gasteiger partial charge >= 0.3 is 0 Å². The molecule has 1 aromatic carbocycles. The normalized spacial score (nSPS) is 18.2. The van der Waals surface area contributed by atoms with E-state index in [2.05, 4.69) is 10.1 Å². The SMILES string of the molecule is CC(C)c1nc(C2CCCN(c3cccc(F)c3C#N)C2)no1. The van der Waals surface area contributed by atoms with Crippen LogP contribution in [-0.2, 0) is 0 Å². The van der Waals surface area contributed by atoms with Crippen molar-refractivity contribution in [3.8, 4) is 6.07 Å². The minimum atomic E-state index is -0.478. The molecule has 6 heteroatoms. The van der Waals surface area contributed by atoms with Crippen molar-refractivity contribution < 1.29 is 8.91 Å². The van der Waals surface area contributed by atoms with Gasteiger partial charge in [-0.2, -0.15) is 10.2 Å². The summed E-state index contributed by atoms with van der Waals surface area (Å²) >= 11 is 0. The van der Waals surface area contributed by atoms with Crippen molar-refractivity contribution in [3.05, 3.63) is 41.3 Å². The van der Waals surface area contributed by atoms with Gasteiger partial charge in [0.05, 0.1) is 5.69 Å². The van der Waals surface area contributed by atoms with Crippen LogP contribution in [0.1, 0.15) is 55.8 Å². The predicted octanol–water partition coefficient (Wildman–Crippen LogP) is 3.59. The first kappa shape index (κ1) is 15.5. The van der Waals surface area contributed by atoms with Crippen LogP contribution in [0.15, 0.2) is 22.7 Å². The van der Waals surface area contributed by atoms with E-state index < -0.39 is 5.82 Å². The number of nitrogens with zero attached hydrogens (tertiary/aromatic N) is 4. The van der Waals surface area contributed by atoms with Crippen LogP contribution >= 0.6 is 0 Å². The lowest BCUT2D eigenvalue weighted by atomic mass is 9.96. The Kier molecular flexibility index (Phi) is 4.28. The highest BCUT2D eigenvalue weighted by Crippen LogP contribution is 2.31. The van der Waals surface area contributed by atoms with Crippen LogP contribution in [0.25, 0.3) is 0 Å². The Morgan fingerprint density at radius 1 is 1.43 bits per heavy atom. The molecular formula is C17H19FN4O. The summed E-state index contributed by atoms with van der Waals surface area (Å²) in [7, 11) is 0. The average Bonchev–Trinajstić information content (AvgIpc) is 3.05. The smallest absolute Gasteiger partial charge is 0.229 e. The van der Waals surface area contributed by atoms with E-state index in [0.717, 1.165) is 19.4 Å². The monoisotopic (exact) mass is 314 g/mol. The molecule has 1 fully saturated rings. The molecule has 0 bridgehead atoms. The first-order chi connectivity index (χ1) is 11.1. The molecule has 3 rings (SSSR count). The molecule has 0 aliphatic carbocycles. The van der Waals surface area contributed by atoms with Gasteiger partial charge in [0.25, 0.3) is 0 Å². The second kappa shape index (κ2) is 6.37. The van der Waals surface area contributed by atoms with Crippen molar-refractivity contribution in [2.75, 3.05) is 18.0 Å². The summed E-state index contributed by atoms with van der Waals surface area (Å²) in [6, 6.07) is 6.72. The molecule has 0 amide bonds. The molecule has 1 aromatic heterocycles. The van der Waals surface area contributed by atoms with Crippen LogP contribution in [0.3, 0.4) is 0 Å². The predicted molar refractivity (Wildman–Crippen MR) is 83.7 cm³/mol. The van der Waals surface area contributed by atoms with Crippen molar-refractivity contribution in [2.24, 2.45) is 0 Å². The highest BCUT2D eigenvalue weighted by atomic mass is 19.1. The number of benzene rings is 1. The number of nitriles is 1. The zero-order chi connectivity index (χ0) is 16.4. The molecule has 1 unspecified atom stereocenters. The molecular weight excluding hydrogens is 295 g/mol. The van der Waals surface area contributed by atoms with E-state index in [1.807, 2.05) is 24.8 Å². The minimum Gasteiger partial charge on any atom is -0.370 e. The second-order valence-electron chi connectivity index (χ2n) is 6.18. The first-order valence-electron chi connectivity index (χ1n) is 7.87. The largest absolute Gasteiger partial charge is 0.370 e. The zero-order valence-corrected chi connectivity index (χ0v) is 13.3. The number of hydrogen-bond donors (Lipinski definition) is 0. The molecule has 2 heterocycles. The highest BCUT2D eigenvalue weighted by Gasteiger charge is 2.27. The molecule has 0 N–H and O–H groups in total. The Balaban J connectivity index is 1.84. The van der Waals surface area contributed by atoms with Crippen molar-refractivity contribution in [3.63, 3.8) is 0 Å². The maximum absolute atomic E-state index is 13.8. The standard InChI is InChI=1S/C17H19FN4O/c1-11(2)17-20-16(21-23-17)12-5-4-8-22(10-12)15-7-3-6-14(18)13(15)9-19/h3,6-7,11-12H,4-5,8,10H2,1-2H3. The van der Waals surface area contributed by atoms with E-state index in [0.29, 0.717) is 23.9 Å². The van der Waals surface area contributed by atoms with Gasteiger partial charge in [-0.1, -0.05) is 25.1 Å². The van der Waals surface area contributed by atoms with Gasteiger partial charge in [0, 0.05) is 24.9 Å². The quantitative estimate of drug-likeness (QED) is 0.866. The third-order valence-corrected chi connectivity index (χ3v) is 4.18. The second-order valence-corrected chi connectivity index (χ2v) is 6.18. The van der Waals surface area contributed by atoms with Gasteiger partial charge in [0.15, 0.2) is 5.82 Å². The van der Waals surface area contributed by atoms with E-state index in [1.54, 1.807) is 12.1 Å². The lowest BCUT2D eigenvalue weighted by molar-refractivity contribution is 0.354. The lowest BCUT2D eigenvalue weighted by Gasteiger charge is -2.33. The van der Waals surface area contributed by atoms with Crippen LogP contribution in [0.5, 0.6) is 0 Å². The van der Waals surface area contributed by atoms with Crippen molar-refractivity contribution >= 4 is 5.69 Å². The summed E-state index contributed by atoms with van der Waals surface area (Å²) in [5, 5.41) is 13.3. The number of hydrogen-bond acceptors (Lipinski definition) is 5. The van der Waals surface area contributed by atoms with Gasteiger partial charge in [0.1, 0.15) is 17.4 Å². The Morgan fingerprint density at radius 2 is 2.26 bits per heavy atom. The maximum atomic E-state index is 13.8. The van der Waals surface area contributed by atoms with Gasteiger partial charge in [-0.25, -0.2) is 4.39 Å². The molecule has 1 atom stereocenters. The summed E-state index contributed by atoms with van der Waals surface area (Å²) in [5.74, 6) is 1.20. The van der Waals surface area contributed by atoms with E-state index in [9.17, 15) is 9.65 Å². The van der Waals surface area contributed by atoms with Crippen molar-refractivity contribution in [2.45, 2.75) is 38.5 Å². The van der Waals surface area contributed by atoms with Crippen LogP contribution in [0, 0.1) is 17.1 Å².